The number of hydrogen-bond donors (Lipinski definition) is 0. The molecule has 1 heteroatoms. The summed E-state index contributed by atoms with van der Waals surface area (Å²) in [6.07, 6.45) is 3.97. The molecule has 0 bridgehead atoms. The molecule has 0 fully saturated rings. The van der Waals surface area contributed by atoms with Crippen LogP contribution in [0, 0.1) is 34.6 Å². The fourth-order valence-electron chi connectivity index (χ4n) is 2.92. The molecule has 1 aliphatic rings. The molecule has 3 aromatic rings. The van der Waals surface area contributed by atoms with Crippen molar-refractivity contribution in [3.8, 4) is 0 Å². The third-order valence-corrected chi connectivity index (χ3v) is 5.87. The highest BCUT2D eigenvalue weighted by Gasteiger charge is 2.10. The maximum Gasteiger partial charge on any atom is 0.00433 e. The largest absolute Gasteiger partial charge is 0.149 e. The normalized spacial score (nSPS) is 8.73. The molecule has 0 unspecified atom stereocenters. The number of fused-ring (bicyclic) bond motifs is 1. The first-order valence-electron chi connectivity index (χ1n) is 14.1. The second-order valence-electron chi connectivity index (χ2n) is 6.81. The average Bonchev–Trinajstić information content (AvgIpc) is 3.57. The zero-order valence-electron chi connectivity index (χ0n) is 26.2. The van der Waals surface area contributed by atoms with E-state index in [2.05, 4.69) is 88.5 Å². The molecule has 0 saturated carbocycles. The van der Waals surface area contributed by atoms with E-state index in [1.807, 2.05) is 69.2 Å². The molecule has 0 N–H and O–H groups in total. The van der Waals surface area contributed by atoms with Gasteiger partial charge in [-0.2, -0.15) is 0 Å². The Balaban J connectivity index is -0.0000000821. The van der Waals surface area contributed by atoms with Gasteiger partial charge in [0, 0.05) is 4.88 Å². The molecule has 2 aromatic carbocycles. The van der Waals surface area contributed by atoms with E-state index in [0.29, 0.717) is 0 Å². The van der Waals surface area contributed by atoms with Gasteiger partial charge in [-0.05, 0) is 98.7 Å². The van der Waals surface area contributed by atoms with Crippen molar-refractivity contribution < 1.29 is 0 Å². The van der Waals surface area contributed by atoms with Crippen molar-refractivity contribution in [3.63, 3.8) is 0 Å². The van der Waals surface area contributed by atoms with Crippen LogP contribution >= 0.6 is 11.3 Å². The Labute approximate surface area is 241 Å². The number of aryl methyl sites for hydroxylation is 6. The monoisotopic (exact) mass is 533 g/mol. The maximum atomic E-state index is 2.26. The lowest BCUT2D eigenvalue weighted by molar-refractivity contribution is 0.909. The minimum atomic E-state index is 0. The summed E-state index contributed by atoms with van der Waals surface area (Å²) in [5.41, 5.74) is 8.82. The zero-order valence-corrected chi connectivity index (χ0v) is 27.0. The van der Waals surface area contributed by atoms with Crippen molar-refractivity contribution in [2.75, 3.05) is 0 Å². The second kappa shape index (κ2) is 36.3. The summed E-state index contributed by atoms with van der Waals surface area (Å²) >= 11 is 1.80. The Morgan fingerprint density at radius 1 is 0.486 bits per heavy atom. The average molecular weight is 533 g/mol. The van der Waals surface area contributed by atoms with Crippen molar-refractivity contribution in [3.05, 3.63) is 92.2 Å². The lowest BCUT2D eigenvalue weighted by Gasteiger charge is -2.00. The van der Waals surface area contributed by atoms with E-state index in [1.165, 1.54) is 46.4 Å². The van der Waals surface area contributed by atoms with E-state index >= 15 is 0 Å². The van der Waals surface area contributed by atoms with E-state index in [-0.39, 0.29) is 14.9 Å². The standard InChI is InChI=1S/C10H12.C8H10.C6H8S.5C2H6.2CH4/c1-8-4-2-5-9-6-3-7-10(8)9;1-7-5-3-4-6-8(7)2;1-5-3-4-7-6(5)2;5*1-2;;/h2,4-5H,3,6-7H2,1H3;3-6H,1-2H3;3-4H,1-2H3;5*1-2H3;2*1H4. The number of rotatable bonds is 0. The first kappa shape index (κ1) is 48.2. The third kappa shape index (κ3) is 23.0. The molecule has 0 spiro atoms. The van der Waals surface area contributed by atoms with E-state index in [4.69, 9.17) is 0 Å². The summed E-state index contributed by atoms with van der Waals surface area (Å²) in [6.45, 7) is 30.7. The minimum absolute atomic E-state index is 0. The number of benzene rings is 2. The predicted molar refractivity (Wildman–Crippen MR) is 183 cm³/mol. The number of thiophene rings is 1. The van der Waals surface area contributed by atoms with Gasteiger partial charge in [0.15, 0.2) is 0 Å². The zero-order chi connectivity index (χ0) is 28.2. The van der Waals surface area contributed by atoms with Crippen LogP contribution in [0.15, 0.2) is 53.9 Å². The predicted octanol–water partition coefficient (Wildman–Crippen LogP) is 13.6. The molecular formula is C36H68S. The molecule has 218 valence electrons. The van der Waals surface area contributed by atoms with Crippen LogP contribution in [0.1, 0.15) is 129 Å². The highest BCUT2D eigenvalue weighted by atomic mass is 32.1. The molecule has 0 nitrogen and oxygen atoms in total. The fourth-order valence-corrected chi connectivity index (χ4v) is 3.65. The molecule has 0 radical (unpaired) electrons. The summed E-state index contributed by atoms with van der Waals surface area (Å²) < 4.78 is 0. The molecule has 4 rings (SSSR count). The van der Waals surface area contributed by atoms with Crippen LogP contribution in [-0.4, -0.2) is 0 Å². The van der Waals surface area contributed by atoms with Gasteiger partial charge in [0.25, 0.3) is 0 Å². The lowest BCUT2D eigenvalue weighted by atomic mass is 10.1. The maximum absolute atomic E-state index is 2.26. The molecule has 1 aromatic heterocycles. The van der Waals surface area contributed by atoms with Gasteiger partial charge in [0.2, 0.25) is 0 Å². The molecule has 0 amide bonds. The minimum Gasteiger partial charge on any atom is -0.149 e. The van der Waals surface area contributed by atoms with E-state index in [1.54, 1.807) is 22.5 Å². The summed E-state index contributed by atoms with van der Waals surface area (Å²) in [4.78, 5) is 1.43. The smallest absolute Gasteiger partial charge is 0.00433 e. The van der Waals surface area contributed by atoms with Crippen LogP contribution in [0.4, 0.5) is 0 Å². The van der Waals surface area contributed by atoms with Gasteiger partial charge in [-0.25, -0.2) is 0 Å². The summed E-state index contributed by atoms with van der Waals surface area (Å²) in [7, 11) is 0. The topological polar surface area (TPSA) is 0 Å². The van der Waals surface area contributed by atoms with Crippen LogP contribution in [0.3, 0.4) is 0 Å². The first-order valence-corrected chi connectivity index (χ1v) is 15.0. The number of hydrogen-bond acceptors (Lipinski definition) is 1. The lowest BCUT2D eigenvalue weighted by Crippen LogP contribution is -1.84. The van der Waals surface area contributed by atoms with E-state index in [0.717, 1.165) is 0 Å². The molecular weight excluding hydrogens is 464 g/mol. The highest BCUT2D eigenvalue weighted by Crippen LogP contribution is 2.24. The third-order valence-electron chi connectivity index (χ3n) is 4.92. The van der Waals surface area contributed by atoms with Gasteiger partial charge in [0.05, 0.1) is 0 Å². The highest BCUT2D eigenvalue weighted by molar-refractivity contribution is 7.10. The van der Waals surface area contributed by atoms with Crippen molar-refractivity contribution in [2.24, 2.45) is 0 Å². The Kier molecular flexibility index (Phi) is 47.3. The Morgan fingerprint density at radius 2 is 0.919 bits per heavy atom. The Morgan fingerprint density at radius 3 is 1.22 bits per heavy atom. The van der Waals surface area contributed by atoms with Crippen LogP contribution in [0.25, 0.3) is 0 Å². The molecule has 1 heterocycles. The van der Waals surface area contributed by atoms with E-state index < -0.39 is 0 Å². The SMILES string of the molecule is C.C.CC.CC.CC.CC.CC.Cc1cccc2c1CCC2.Cc1ccccc1C.Cc1ccsc1C. The summed E-state index contributed by atoms with van der Waals surface area (Å²) in [5.74, 6) is 0. The summed E-state index contributed by atoms with van der Waals surface area (Å²) in [5, 5.41) is 2.12. The van der Waals surface area contributed by atoms with Crippen molar-refractivity contribution in [1.82, 2.24) is 0 Å². The van der Waals surface area contributed by atoms with Crippen LogP contribution in [-0.2, 0) is 12.8 Å². The van der Waals surface area contributed by atoms with Gasteiger partial charge >= 0.3 is 0 Å². The quantitative estimate of drug-likeness (QED) is 0.270. The van der Waals surface area contributed by atoms with Crippen molar-refractivity contribution in [2.45, 2.75) is 138 Å². The van der Waals surface area contributed by atoms with Crippen LogP contribution < -0.4 is 0 Å². The van der Waals surface area contributed by atoms with Crippen molar-refractivity contribution >= 4 is 11.3 Å². The van der Waals surface area contributed by atoms with Crippen molar-refractivity contribution in [1.29, 1.82) is 0 Å². The molecule has 1 aliphatic carbocycles. The Hall–Kier alpha value is -1.86. The van der Waals surface area contributed by atoms with Gasteiger partial charge < -0.3 is 0 Å². The van der Waals surface area contributed by atoms with Gasteiger partial charge in [0.1, 0.15) is 0 Å². The van der Waals surface area contributed by atoms with Crippen LogP contribution in [0.2, 0.25) is 0 Å². The van der Waals surface area contributed by atoms with Gasteiger partial charge in [-0.3, -0.25) is 0 Å². The summed E-state index contributed by atoms with van der Waals surface area (Å²) in [6, 6.07) is 17.1. The first-order chi connectivity index (χ1) is 17.0. The molecule has 37 heavy (non-hydrogen) atoms. The van der Waals surface area contributed by atoms with Crippen LogP contribution in [0.5, 0.6) is 0 Å². The Bertz CT molecular complexity index is 758. The van der Waals surface area contributed by atoms with Gasteiger partial charge in [-0.15, -0.1) is 11.3 Å². The molecule has 0 atom stereocenters. The fraction of sp³-hybridized carbons (Fsp3) is 0.556. The molecule has 0 saturated heterocycles. The van der Waals surface area contributed by atoms with E-state index in [9.17, 15) is 0 Å². The molecule has 0 aliphatic heterocycles. The van der Waals surface area contributed by atoms with Gasteiger partial charge in [-0.1, -0.05) is 127 Å². The second-order valence-corrected chi connectivity index (χ2v) is 7.93.